The van der Waals surface area contributed by atoms with Gasteiger partial charge in [-0.1, -0.05) is 36.4 Å². The second-order valence-corrected chi connectivity index (χ2v) is 5.81. The molecule has 3 heteroatoms. The molecule has 0 spiro atoms. The maximum atomic E-state index is 6.55. The van der Waals surface area contributed by atoms with E-state index < -0.39 is 0 Å². The zero-order valence-electron chi connectivity index (χ0n) is 11.7. The second kappa shape index (κ2) is 5.73. The zero-order valence-corrected chi connectivity index (χ0v) is 11.7. The van der Waals surface area contributed by atoms with Crippen molar-refractivity contribution in [1.82, 2.24) is 9.88 Å². The van der Waals surface area contributed by atoms with Crippen LogP contribution in [0.5, 0.6) is 0 Å². The van der Waals surface area contributed by atoms with Gasteiger partial charge in [0.25, 0.3) is 0 Å². The highest BCUT2D eigenvalue weighted by atomic mass is 15.2. The SMILES string of the molecule is NC1(Cc2ccccn2)CCN(Cc2ccccc2)C1. The fraction of sp³-hybridized carbons (Fsp3) is 0.353. The van der Waals surface area contributed by atoms with Crippen LogP contribution in [0.25, 0.3) is 0 Å². The van der Waals surface area contributed by atoms with Crippen molar-refractivity contribution in [3.8, 4) is 0 Å². The Hall–Kier alpha value is -1.71. The Balaban J connectivity index is 1.61. The molecule has 1 aromatic carbocycles. The Morgan fingerprint density at radius 2 is 1.90 bits per heavy atom. The Labute approximate surface area is 120 Å². The van der Waals surface area contributed by atoms with E-state index in [9.17, 15) is 0 Å². The summed E-state index contributed by atoms with van der Waals surface area (Å²) in [5.74, 6) is 0. The van der Waals surface area contributed by atoms with Gasteiger partial charge in [0.05, 0.1) is 0 Å². The smallest absolute Gasteiger partial charge is 0.0422 e. The lowest BCUT2D eigenvalue weighted by Gasteiger charge is -2.24. The quantitative estimate of drug-likeness (QED) is 0.923. The van der Waals surface area contributed by atoms with E-state index in [0.29, 0.717) is 0 Å². The summed E-state index contributed by atoms with van der Waals surface area (Å²) < 4.78 is 0. The highest BCUT2D eigenvalue weighted by Gasteiger charge is 2.34. The topological polar surface area (TPSA) is 42.1 Å². The third-order valence-electron chi connectivity index (χ3n) is 3.97. The van der Waals surface area contributed by atoms with Crippen molar-refractivity contribution in [3.05, 3.63) is 66.0 Å². The van der Waals surface area contributed by atoms with Gasteiger partial charge in [-0.05, 0) is 24.1 Å². The van der Waals surface area contributed by atoms with Gasteiger partial charge in [0, 0.05) is 43.5 Å². The van der Waals surface area contributed by atoms with E-state index in [4.69, 9.17) is 5.73 Å². The Bertz CT molecular complexity index is 541. The first-order valence-corrected chi connectivity index (χ1v) is 7.19. The van der Waals surface area contributed by atoms with Gasteiger partial charge in [-0.2, -0.15) is 0 Å². The first-order valence-electron chi connectivity index (χ1n) is 7.19. The van der Waals surface area contributed by atoms with Crippen LogP contribution in [0.3, 0.4) is 0 Å². The first-order chi connectivity index (χ1) is 9.73. The van der Waals surface area contributed by atoms with Gasteiger partial charge in [-0.25, -0.2) is 0 Å². The molecule has 104 valence electrons. The molecular formula is C17H21N3. The number of hydrogen-bond acceptors (Lipinski definition) is 3. The number of hydrogen-bond donors (Lipinski definition) is 1. The van der Waals surface area contributed by atoms with Crippen LogP contribution >= 0.6 is 0 Å². The average Bonchev–Trinajstić information content (AvgIpc) is 2.82. The van der Waals surface area contributed by atoms with E-state index in [-0.39, 0.29) is 5.54 Å². The molecule has 0 radical (unpaired) electrons. The minimum atomic E-state index is -0.136. The maximum Gasteiger partial charge on any atom is 0.0422 e. The Morgan fingerprint density at radius 1 is 1.10 bits per heavy atom. The van der Waals surface area contributed by atoms with Gasteiger partial charge in [0.1, 0.15) is 0 Å². The van der Waals surface area contributed by atoms with Crippen molar-refractivity contribution >= 4 is 0 Å². The molecule has 3 nitrogen and oxygen atoms in total. The minimum Gasteiger partial charge on any atom is -0.324 e. The molecule has 1 fully saturated rings. The molecule has 1 unspecified atom stereocenters. The lowest BCUT2D eigenvalue weighted by atomic mass is 9.93. The normalized spacial score (nSPS) is 23.1. The number of aromatic nitrogens is 1. The molecule has 20 heavy (non-hydrogen) atoms. The molecule has 1 aliphatic heterocycles. The van der Waals surface area contributed by atoms with Crippen molar-refractivity contribution < 1.29 is 0 Å². The molecule has 1 saturated heterocycles. The third kappa shape index (κ3) is 3.24. The predicted molar refractivity (Wildman–Crippen MR) is 81.2 cm³/mol. The summed E-state index contributed by atoms with van der Waals surface area (Å²) in [5, 5.41) is 0. The van der Waals surface area contributed by atoms with Crippen molar-refractivity contribution in [2.24, 2.45) is 5.73 Å². The van der Waals surface area contributed by atoms with Crippen LogP contribution in [0.4, 0.5) is 0 Å². The molecular weight excluding hydrogens is 246 g/mol. The van der Waals surface area contributed by atoms with Gasteiger partial charge in [-0.15, -0.1) is 0 Å². The number of benzene rings is 1. The van der Waals surface area contributed by atoms with Crippen LogP contribution in [0.15, 0.2) is 54.7 Å². The van der Waals surface area contributed by atoms with Gasteiger partial charge in [0.15, 0.2) is 0 Å². The van der Waals surface area contributed by atoms with Crippen molar-refractivity contribution in [3.63, 3.8) is 0 Å². The summed E-state index contributed by atoms with van der Waals surface area (Å²) in [6, 6.07) is 16.6. The molecule has 0 aliphatic carbocycles. The van der Waals surface area contributed by atoms with Gasteiger partial charge < -0.3 is 5.73 Å². The largest absolute Gasteiger partial charge is 0.324 e. The van der Waals surface area contributed by atoms with Crippen LogP contribution in [0.2, 0.25) is 0 Å². The lowest BCUT2D eigenvalue weighted by molar-refractivity contribution is 0.301. The van der Waals surface area contributed by atoms with Gasteiger partial charge >= 0.3 is 0 Å². The molecule has 0 saturated carbocycles. The van der Waals surface area contributed by atoms with E-state index in [1.165, 1.54) is 5.56 Å². The molecule has 1 aliphatic rings. The van der Waals surface area contributed by atoms with Crippen LogP contribution in [0.1, 0.15) is 17.7 Å². The molecule has 0 amide bonds. The lowest BCUT2D eigenvalue weighted by Crippen LogP contribution is -2.44. The van der Waals surface area contributed by atoms with E-state index in [2.05, 4.69) is 46.3 Å². The van der Waals surface area contributed by atoms with E-state index in [1.54, 1.807) is 0 Å². The molecule has 1 atom stereocenters. The second-order valence-electron chi connectivity index (χ2n) is 5.81. The van der Waals surface area contributed by atoms with Crippen LogP contribution in [-0.4, -0.2) is 28.5 Å². The fourth-order valence-electron chi connectivity index (χ4n) is 2.97. The van der Waals surface area contributed by atoms with Crippen molar-refractivity contribution in [2.75, 3.05) is 13.1 Å². The maximum absolute atomic E-state index is 6.55. The Kier molecular flexibility index (Phi) is 3.81. The highest BCUT2D eigenvalue weighted by molar-refractivity contribution is 5.16. The summed E-state index contributed by atoms with van der Waals surface area (Å²) in [6.07, 6.45) is 3.74. The summed E-state index contributed by atoms with van der Waals surface area (Å²) >= 11 is 0. The molecule has 3 rings (SSSR count). The number of rotatable bonds is 4. The van der Waals surface area contributed by atoms with E-state index in [0.717, 1.165) is 38.2 Å². The summed E-state index contributed by atoms with van der Waals surface area (Å²) in [7, 11) is 0. The van der Waals surface area contributed by atoms with Crippen LogP contribution in [0, 0.1) is 0 Å². The monoisotopic (exact) mass is 267 g/mol. The standard InChI is InChI=1S/C17H21N3/c18-17(12-16-8-4-5-10-19-16)9-11-20(14-17)13-15-6-2-1-3-7-15/h1-8,10H,9,11-14,18H2. The molecule has 1 aromatic heterocycles. The Morgan fingerprint density at radius 3 is 2.65 bits per heavy atom. The van der Waals surface area contributed by atoms with Crippen molar-refractivity contribution in [1.29, 1.82) is 0 Å². The highest BCUT2D eigenvalue weighted by Crippen LogP contribution is 2.23. The van der Waals surface area contributed by atoms with Gasteiger partial charge in [0.2, 0.25) is 0 Å². The number of nitrogens with two attached hydrogens (primary N) is 1. The molecule has 0 bridgehead atoms. The molecule has 2 heterocycles. The fourth-order valence-corrected chi connectivity index (χ4v) is 2.97. The van der Waals surface area contributed by atoms with Crippen LogP contribution < -0.4 is 5.73 Å². The summed E-state index contributed by atoms with van der Waals surface area (Å²) in [6.45, 7) is 3.00. The van der Waals surface area contributed by atoms with Gasteiger partial charge in [-0.3, -0.25) is 9.88 Å². The predicted octanol–water partition coefficient (Wildman–Crippen LogP) is 2.23. The number of nitrogens with zero attached hydrogens (tertiary/aromatic N) is 2. The zero-order chi connectivity index (χ0) is 13.8. The molecule has 2 aromatic rings. The summed E-state index contributed by atoms with van der Waals surface area (Å²) in [4.78, 5) is 6.84. The third-order valence-corrected chi connectivity index (χ3v) is 3.97. The number of likely N-dealkylation sites (tertiary alicyclic amines) is 1. The number of pyridine rings is 1. The molecule has 2 N–H and O–H groups in total. The average molecular weight is 267 g/mol. The van der Waals surface area contributed by atoms with E-state index in [1.807, 2.05) is 18.3 Å². The van der Waals surface area contributed by atoms with E-state index >= 15 is 0 Å². The minimum absolute atomic E-state index is 0.136. The summed E-state index contributed by atoms with van der Waals surface area (Å²) in [5.41, 5.74) is 8.87. The van der Waals surface area contributed by atoms with Crippen molar-refractivity contribution in [2.45, 2.75) is 24.9 Å². The first kappa shape index (κ1) is 13.3. The van der Waals surface area contributed by atoms with Crippen LogP contribution in [-0.2, 0) is 13.0 Å².